The van der Waals surface area contributed by atoms with E-state index in [2.05, 4.69) is 83.0 Å². The SMILES string of the molecule is Cc1cccc(N2C(=S)N[C@@H](c3ccccn3)[C@H]2c2cc(C)n(-c3ccc4c(c3)OCO4)c2C)c1. The normalized spacial score (nSPS) is 18.7. The average molecular weight is 483 g/mol. The van der Waals surface area contributed by atoms with Crippen molar-refractivity contribution in [2.45, 2.75) is 32.9 Å². The van der Waals surface area contributed by atoms with Gasteiger partial charge in [0.1, 0.15) is 0 Å². The van der Waals surface area contributed by atoms with Crippen molar-refractivity contribution in [3.63, 3.8) is 0 Å². The van der Waals surface area contributed by atoms with Crippen LogP contribution in [0.2, 0.25) is 0 Å². The van der Waals surface area contributed by atoms with Gasteiger partial charge in [0, 0.05) is 35.0 Å². The van der Waals surface area contributed by atoms with Gasteiger partial charge in [-0.05, 0) is 86.6 Å². The second-order valence-corrected chi connectivity index (χ2v) is 9.42. The van der Waals surface area contributed by atoms with Crippen LogP contribution in [-0.2, 0) is 0 Å². The summed E-state index contributed by atoms with van der Waals surface area (Å²) < 4.78 is 13.4. The molecule has 0 bridgehead atoms. The Labute approximate surface area is 210 Å². The van der Waals surface area contributed by atoms with Crippen LogP contribution in [0.1, 0.15) is 40.3 Å². The van der Waals surface area contributed by atoms with Crippen LogP contribution in [0.3, 0.4) is 0 Å². The quantitative estimate of drug-likeness (QED) is 0.377. The van der Waals surface area contributed by atoms with E-state index >= 15 is 0 Å². The Morgan fingerprint density at radius 3 is 2.57 bits per heavy atom. The van der Waals surface area contributed by atoms with E-state index in [9.17, 15) is 0 Å². The third kappa shape index (κ3) is 3.63. The second-order valence-electron chi connectivity index (χ2n) is 9.04. The molecule has 7 heteroatoms. The number of hydrogen-bond donors (Lipinski definition) is 1. The first-order valence-electron chi connectivity index (χ1n) is 11.7. The number of ether oxygens (including phenoxy) is 2. The van der Waals surface area contributed by atoms with Crippen molar-refractivity contribution in [3.8, 4) is 17.2 Å². The zero-order chi connectivity index (χ0) is 24.1. The minimum atomic E-state index is -0.0880. The van der Waals surface area contributed by atoms with Crippen LogP contribution in [-0.4, -0.2) is 21.5 Å². The molecule has 1 N–H and O–H groups in total. The molecule has 6 nitrogen and oxygen atoms in total. The molecule has 0 aliphatic carbocycles. The summed E-state index contributed by atoms with van der Waals surface area (Å²) >= 11 is 5.90. The van der Waals surface area contributed by atoms with Crippen molar-refractivity contribution in [3.05, 3.63) is 101 Å². The van der Waals surface area contributed by atoms with Crippen LogP contribution in [0.5, 0.6) is 11.5 Å². The van der Waals surface area contributed by atoms with Crippen LogP contribution < -0.4 is 19.7 Å². The van der Waals surface area contributed by atoms with Gasteiger partial charge in [-0.1, -0.05) is 18.2 Å². The smallest absolute Gasteiger partial charge is 0.231 e. The number of nitrogens with one attached hydrogen (secondary N) is 1. The summed E-state index contributed by atoms with van der Waals surface area (Å²) in [4.78, 5) is 6.92. The first-order valence-corrected chi connectivity index (χ1v) is 12.1. The van der Waals surface area contributed by atoms with Crippen molar-refractivity contribution in [1.29, 1.82) is 0 Å². The molecule has 176 valence electrons. The van der Waals surface area contributed by atoms with Gasteiger partial charge in [0.05, 0.1) is 17.8 Å². The number of rotatable bonds is 4. The molecule has 2 aromatic carbocycles. The average Bonchev–Trinajstić information content (AvgIpc) is 3.54. The number of thiocarbonyl (C=S) groups is 1. The van der Waals surface area contributed by atoms with Crippen LogP contribution in [0.25, 0.3) is 5.69 Å². The molecule has 6 rings (SSSR count). The lowest BCUT2D eigenvalue weighted by Gasteiger charge is -2.28. The molecule has 0 unspecified atom stereocenters. The van der Waals surface area contributed by atoms with Gasteiger partial charge >= 0.3 is 0 Å². The van der Waals surface area contributed by atoms with Gasteiger partial charge in [-0.25, -0.2) is 0 Å². The van der Waals surface area contributed by atoms with Crippen molar-refractivity contribution < 1.29 is 9.47 Å². The molecule has 2 aliphatic rings. The Bertz CT molecular complexity index is 1430. The van der Waals surface area contributed by atoms with Gasteiger partial charge < -0.3 is 24.3 Å². The highest BCUT2D eigenvalue weighted by Crippen LogP contribution is 2.44. The van der Waals surface area contributed by atoms with Crippen molar-refractivity contribution in [1.82, 2.24) is 14.9 Å². The molecule has 0 saturated carbocycles. The molecule has 2 aromatic heterocycles. The molecular formula is C28H26N4O2S. The Hall–Kier alpha value is -3.84. The Morgan fingerprint density at radius 1 is 0.914 bits per heavy atom. The highest BCUT2D eigenvalue weighted by molar-refractivity contribution is 7.80. The number of fused-ring (bicyclic) bond motifs is 1. The number of hydrogen-bond acceptors (Lipinski definition) is 4. The maximum Gasteiger partial charge on any atom is 0.231 e. The van der Waals surface area contributed by atoms with Crippen LogP contribution in [0, 0.1) is 20.8 Å². The van der Waals surface area contributed by atoms with E-state index in [-0.39, 0.29) is 18.9 Å². The van der Waals surface area contributed by atoms with Crippen molar-refractivity contribution in [2.24, 2.45) is 0 Å². The first kappa shape index (κ1) is 21.7. The number of nitrogens with zero attached hydrogens (tertiary/aromatic N) is 3. The standard InChI is InChI=1S/C28H26N4O2S/c1-17-7-6-8-20(13-17)32-27(26(30-28(32)35)23-9-4-5-12-29-23)22-14-18(2)31(19(22)3)21-10-11-24-25(15-21)34-16-33-24/h4-15,26-27H,16H2,1-3H3,(H,30,35)/t26-,27+/m0/s1. The number of anilines is 1. The monoisotopic (exact) mass is 482 g/mol. The van der Waals surface area contributed by atoms with Crippen molar-refractivity contribution in [2.75, 3.05) is 11.7 Å². The third-order valence-electron chi connectivity index (χ3n) is 6.78. The fourth-order valence-electron chi connectivity index (χ4n) is 5.24. The molecule has 1 fully saturated rings. The molecule has 4 heterocycles. The van der Waals surface area contributed by atoms with Gasteiger partial charge in [0.15, 0.2) is 16.6 Å². The number of benzene rings is 2. The van der Waals surface area contributed by atoms with E-state index < -0.39 is 0 Å². The molecular weight excluding hydrogens is 456 g/mol. The minimum Gasteiger partial charge on any atom is -0.454 e. The van der Waals surface area contributed by atoms with Gasteiger partial charge in [-0.15, -0.1) is 0 Å². The summed E-state index contributed by atoms with van der Waals surface area (Å²) in [6.45, 7) is 6.66. The summed E-state index contributed by atoms with van der Waals surface area (Å²) in [7, 11) is 0. The molecule has 4 aromatic rings. The molecule has 35 heavy (non-hydrogen) atoms. The van der Waals surface area contributed by atoms with Gasteiger partial charge in [-0.2, -0.15) is 0 Å². The lowest BCUT2D eigenvalue weighted by molar-refractivity contribution is 0.174. The lowest BCUT2D eigenvalue weighted by Crippen LogP contribution is -2.29. The first-order chi connectivity index (χ1) is 17.0. The summed E-state index contributed by atoms with van der Waals surface area (Å²) in [6, 6.07) is 22.7. The predicted octanol–water partition coefficient (Wildman–Crippen LogP) is 5.70. The zero-order valence-corrected chi connectivity index (χ0v) is 20.7. The highest BCUT2D eigenvalue weighted by Gasteiger charge is 2.42. The van der Waals surface area contributed by atoms with Crippen molar-refractivity contribution >= 4 is 23.0 Å². The van der Waals surface area contributed by atoms with Gasteiger partial charge in [0.2, 0.25) is 6.79 Å². The summed E-state index contributed by atoms with van der Waals surface area (Å²) in [5.41, 5.74) is 7.75. The van der Waals surface area contributed by atoms with E-state index in [1.165, 1.54) is 11.1 Å². The molecule has 0 spiro atoms. The maximum atomic E-state index is 5.90. The number of aryl methyl sites for hydroxylation is 2. The highest BCUT2D eigenvalue weighted by atomic mass is 32.1. The summed E-state index contributed by atoms with van der Waals surface area (Å²) in [5, 5.41) is 4.26. The Balaban J connectivity index is 1.50. The molecule has 0 radical (unpaired) electrons. The molecule has 1 saturated heterocycles. The van der Waals surface area contributed by atoms with E-state index in [0.717, 1.165) is 40.0 Å². The van der Waals surface area contributed by atoms with E-state index in [1.807, 2.05) is 30.5 Å². The van der Waals surface area contributed by atoms with Gasteiger partial charge in [0.25, 0.3) is 0 Å². The molecule has 2 atom stereocenters. The fourth-order valence-corrected chi connectivity index (χ4v) is 5.58. The lowest BCUT2D eigenvalue weighted by atomic mass is 9.96. The Morgan fingerprint density at radius 2 is 1.77 bits per heavy atom. The Kier molecular flexibility index (Phi) is 5.22. The predicted molar refractivity (Wildman–Crippen MR) is 140 cm³/mol. The van der Waals surface area contributed by atoms with E-state index in [4.69, 9.17) is 21.7 Å². The van der Waals surface area contributed by atoms with Crippen LogP contribution >= 0.6 is 12.2 Å². The number of pyridine rings is 1. The third-order valence-corrected chi connectivity index (χ3v) is 7.10. The maximum absolute atomic E-state index is 5.90. The minimum absolute atomic E-state index is 0.0619. The van der Waals surface area contributed by atoms with Gasteiger partial charge in [-0.3, -0.25) is 4.98 Å². The fraction of sp³-hybridized carbons (Fsp3) is 0.214. The summed E-state index contributed by atoms with van der Waals surface area (Å²) in [6.07, 6.45) is 1.84. The zero-order valence-electron chi connectivity index (χ0n) is 19.9. The number of aromatic nitrogens is 2. The largest absolute Gasteiger partial charge is 0.454 e. The van der Waals surface area contributed by atoms with E-state index in [1.54, 1.807) is 0 Å². The van der Waals surface area contributed by atoms with E-state index in [0.29, 0.717) is 5.11 Å². The topological polar surface area (TPSA) is 51.6 Å². The summed E-state index contributed by atoms with van der Waals surface area (Å²) in [5.74, 6) is 1.55. The van der Waals surface area contributed by atoms with Crippen LogP contribution in [0.15, 0.2) is 72.9 Å². The second kappa shape index (κ2) is 8.43. The molecule has 2 aliphatic heterocycles. The molecule has 0 amide bonds. The van der Waals surface area contributed by atoms with Crippen LogP contribution in [0.4, 0.5) is 5.69 Å².